The number of anilines is 1. The van der Waals surface area contributed by atoms with Gasteiger partial charge in [0.25, 0.3) is 5.91 Å². The Kier molecular flexibility index (Phi) is 7.62. The zero-order valence-corrected chi connectivity index (χ0v) is 18.2. The maximum absolute atomic E-state index is 12.2. The Labute approximate surface area is 180 Å². The van der Waals surface area contributed by atoms with Crippen LogP contribution >= 0.6 is 11.3 Å². The van der Waals surface area contributed by atoms with Crippen molar-refractivity contribution in [1.29, 1.82) is 0 Å². The second-order valence-corrected chi connectivity index (χ2v) is 7.38. The van der Waals surface area contributed by atoms with E-state index in [-0.39, 0.29) is 12.5 Å². The molecule has 7 nitrogen and oxygen atoms in total. The Hall–Kier alpha value is -3.13. The van der Waals surface area contributed by atoms with Crippen LogP contribution in [-0.4, -0.2) is 48.3 Å². The van der Waals surface area contributed by atoms with Crippen LogP contribution in [0, 0.1) is 0 Å². The normalized spacial score (nSPS) is 11.0. The SMILES string of the molecule is CCOc1cc(/C=N\Nc2nc3ccccc3s2)ccc1OCC(=O)N(CC)CC. The summed E-state index contributed by atoms with van der Waals surface area (Å²) >= 11 is 1.54. The van der Waals surface area contributed by atoms with Gasteiger partial charge in [-0.05, 0) is 56.7 Å². The average molecular weight is 427 g/mol. The van der Waals surface area contributed by atoms with Crippen LogP contribution in [0.3, 0.4) is 0 Å². The minimum absolute atomic E-state index is 0.0195. The Bertz CT molecular complexity index is 982. The van der Waals surface area contributed by atoms with E-state index in [2.05, 4.69) is 15.5 Å². The maximum Gasteiger partial charge on any atom is 0.260 e. The number of para-hydroxylation sites is 1. The molecule has 8 heteroatoms. The van der Waals surface area contributed by atoms with Gasteiger partial charge in [0.15, 0.2) is 18.1 Å². The van der Waals surface area contributed by atoms with Crippen molar-refractivity contribution in [3.63, 3.8) is 0 Å². The van der Waals surface area contributed by atoms with Crippen LogP contribution in [0.15, 0.2) is 47.6 Å². The van der Waals surface area contributed by atoms with E-state index >= 15 is 0 Å². The van der Waals surface area contributed by atoms with Crippen LogP contribution in [0.5, 0.6) is 11.5 Å². The number of nitrogens with one attached hydrogen (secondary N) is 1. The summed E-state index contributed by atoms with van der Waals surface area (Å²) < 4.78 is 12.5. The first-order chi connectivity index (χ1) is 14.6. The second kappa shape index (κ2) is 10.6. The highest BCUT2D eigenvalue weighted by Gasteiger charge is 2.13. The monoisotopic (exact) mass is 426 g/mol. The molecule has 0 saturated heterocycles. The predicted octanol–water partition coefficient (Wildman–Crippen LogP) is 4.39. The molecule has 1 N–H and O–H groups in total. The van der Waals surface area contributed by atoms with Gasteiger partial charge in [-0.15, -0.1) is 0 Å². The molecule has 158 valence electrons. The fourth-order valence-electron chi connectivity index (χ4n) is 2.88. The van der Waals surface area contributed by atoms with Crippen molar-refractivity contribution in [3.8, 4) is 11.5 Å². The molecule has 0 saturated carbocycles. The fourth-order valence-corrected chi connectivity index (χ4v) is 3.70. The molecule has 1 aromatic heterocycles. The zero-order valence-electron chi connectivity index (χ0n) is 17.4. The molecule has 0 aliphatic heterocycles. The molecule has 0 aliphatic carbocycles. The third-order valence-electron chi connectivity index (χ3n) is 4.40. The van der Waals surface area contributed by atoms with Crippen LogP contribution in [0.25, 0.3) is 10.2 Å². The summed E-state index contributed by atoms with van der Waals surface area (Å²) in [5, 5.41) is 5.00. The van der Waals surface area contributed by atoms with Gasteiger partial charge in [-0.1, -0.05) is 23.5 Å². The summed E-state index contributed by atoms with van der Waals surface area (Å²) in [6, 6.07) is 13.4. The predicted molar refractivity (Wildman–Crippen MR) is 122 cm³/mol. The lowest BCUT2D eigenvalue weighted by Gasteiger charge is -2.19. The summed E-state index contributed by atoms with van der Waals surface area (Å²) in [7, 11) is 0. The molecule has 1 amide bonds. The second-order valence-electron chi connectivity index (χ2n) is 6.35. The van der Waals surface area contributed by atoms with E-state index in [1.54, 1.807) is 28.5 Å². The number of carbonyl (C=O) groups is 1. The number of ether oxygens (including phenoxy) is 2. The number of thiazole rings is 1. The van der Waals surface area contributed by atoms with Gasteiger partial charge in [0, 0.05) is 13.1 Å². The molecule has 0 radical (unpaired) electrons. The number of likely N-dealkylation sites (N-methyl/N-ethyl adjacent to an activating group) is 1. The van der Waals surface area contributed by atoms with Gasteiger partial charge in [0.05, 0.1) is 23.0 Å². The Morgan fingerprint density at radius 3 is 2.67 bits per heavy atom. The number of hydrogen-bond acceptors (Lipinski definition) is 7. The van der Waals surface area contributed by atoms with Crippen molar-refractivity contribution in [3.05, 3.63) is 48.0 Å². The standard InChI is InChI=1S/C22H26N4O3S/c1-4-26(5-2)21(27)15-29-18-12-11-16(13-19(18)28-6-3)14-23-25-22-24-17-9-7-8-10-20(17)30-22/h7-14H,4-6,15H2,1-3H3,(H,24,25)/b23-14-. The molecule has 0 bridgehead atoms. The molecule has 3 aromatic rings. The first-order valence-corrected chi connectivity index (χ1v) is 10.8. The van der Waals surface area contributed by atoms with Crippen molar-refractivity contribution in [2.24, 2.45) is 5.10 Å². The van der Waals surface area contributed by atoms with Crippen molar-refractivity contribution < 1.29 is 14.3 Å². The molecule has 30 heavy (non-hydrogen) atoms. The van der Waals surface area contributed by atoms with Crippen LogP contribution in [0.2, 0.25) is 0 Å². The Morgan fingerprint density at radius 1 is 1.13 bits per heavy atom. The summed E-state index contributed by atoms with van der Waals surface area (Å²) in [4.78, 5) is 18.4. The van der Waals surface area contributed by atoms with E-state index in [1.807, 2.05) is 57.2 Å². The van der Waals surface area contributed by atoms with Gasteiger partial charge in [-0.2, -0.15) is 5.10 Å². The maximum atomic E-state index is 12.2. The van der Waals surface area contributed by atoms with Gasteiger partial charge >= 0.3 is 0 Å². The number of amides is 1. The molecule has 3 rings (SSSR count). The van der Waals surface area contributed by atoms with Gasteiger partial charge in [0.1, 0.15) is 0 Å². The van der Waals surface area contributed by atoms with Crippen molar-refractivity contribution in [2.75, 3.05) is 31.7 Å². The zero-order chi connectivity index (χ0) is 21.3. The van der Waals surface area contributed by atoms with Gasteiger partial charge in [0.2, 0.25) is 5.13 Å². The van der Waals surface area contributed by atoms with Crippen molar-refractivity contribution >= 4 is 38.8 Å². The number of fused-ring (bicyclic) bond motifs is 1. The van der Waals surface area contributed by atoms with Crippen molar-refractivity contribution in [2.45, 2.75) is 20.8 Å². The summed E-state index contributed by atoms with van der Waals surface area (Å²) in [5.41, 5.74) is 4.75. The molecular weight excluding hydrogens is 400 g/mol. The van der Waals surface area contributed by atoms with Gasteiger partial charge < -0.3 is 14.4 Å². The van der Waals surface area contributed by atoms with Crippen LogP contribution < -0.4 is 14.9 Å². The molecule has 0 atom stereocenters. The number of hydrogen-bond donors (Lipinski definition) is 1. The number of rotatable bonds is 10. The average Bonchev–Trinajstić information content (AvgIpc) is 3.17. The molecule has 0 unspecified atom stereocenters. The van der Waals surface area contributed by atoms with E-state index in [1.165, 1.54) is 0 Å². The minimum Gasteiger partial charge on any atom is -0.490 e. The van der Waals surface area contributed by atoms with E-state index in [4.69, 9.17) is 9.47 Å². The van der Waals surface area contributed by atoms with E-state index in [0.29, 0.717) is 31.2 Å². The van der Waals surface area contributed by atoms with Crippen LogP contribution in [0.4, 0.5) is 5.13 Å². The highest BCUT2D eigenvalue weighted by molar-refractivity contribution is 7.22. The first kappa shape index (κ1) is 21.6. The topological polar surface area (TPSA) is 76.0 Å². The molecule has 0 spiro atoms. The van der Waals surface area contributed by atoms with Crippen molar-refractivity contribution in [1.82, 2.24) is 9.88 Å². The largest absolute Gasteiger partial charge is 0.490 e. The number of carbonyl (C=O) groups excluding carboxylic acids is 1. The number of hydrazone groups is 1. The van der Waals surface area contributed by atoms with E-state index in [0.717, 1.165) is 20.9 Å². The molecule has 0 aliphatic rings. The minimum atomic E-state index is -0.0480. The van der Waals surface area contributed by atoms with Gasteiger partial charge in [-0.25, -0.2) is 4.98 Å². The molecule has 2 aromatic carbocycles. The van der Waals surface area contributed by atoms with E-state index in [9.17, 15) is 4.79 Å². The fraction of sp³-hybridized carbons (Fsp3) is 0.318. The van der Waals surface area contributed by atoms with Crippen LogP contribution in [-0.2, 0) is 4.79 Å². The molecular formula is C22H26N4O3S. The molecule has 0 fully saturated rings. The summed E-state index contributed by atoms with van der Waals surface area (Å²) in [6.07, 6.45) is 1.69. The molecule has 1 heterocycles. The first-order valence-electron chi connectivity index (χ1n) is 9.96. The lowest BCUT2D eigenvalue weighted by molar-refractivity contribution is -0.132. The number of benzene rings is 2. The number of nitrogens with zero attached hydrogens (tertiary/aromatic N) is 3. The quantitative estimate of drug-likeness (QED) is 0.384. The van der Waals surface area contributed by atoms with Gasteiger partial charge in [-0.3, -0.25) is 10.2 Å². The Balaban J connectivity index is 1.66. The summed E-state index contributed by atoms with van der Waals surface area (Å²) in [6.45, 7) is 7.59. The Morgan fingerprint density at radius 2 is 1.93 bits per heavy atom. The number of aromatic nitrogens is 1. The third-order valence-corrected chi connectivity index (χ3v) is 5.34. The highest BCUT2D eigenvalue weighted by atomic mass is 32.1. The lowest BCUT2D eigenvalue weighted by Crippen LogP contribution is -2.34. The summed E-state index contributed by atoms with van der Waals surface area (Å²) in [5.74, 6) is 1.07. The smallest absolute Gasteiger partial charge is 0.260 e. The third kappa shape index (κ3) is 5.48. The lowest BCUT2D eigenvalue weighted by atomic mass is 10.2. The highest BCUT2D eigenvalue weighted by Crippen LogP contribution is 2.28. The van der Waals surface area contributed by atoms with E-state index < -0.39 is 0 Å². The van der Waals surface area contributed by atoms with Crippen LogP contribution in [0.1, 0.15) is 26.3 Å².